The summed E-state index contributed by atoms with van der Waals surface area (Å²) in [6.07, 6.45) is 0. The van der Waals surface area contributed by atoms with Gasteiger partial charge in [-0.05, 0) is 29.8 Å². The van der Waals surface area contributed by atoms with Crippen molar-refractivity contribution in [2.45, 2.75) is 5.75 Å². The van der Waals surface area contributed by atoms with Gasteiger partial charge in [-0.25, -0.2) is 4.79 Å². The number of benzene rings is 2. The number of rotatable bonds is 3. The maximum Gasteiger partial charge on any atom is 0.341 e. The van der Waals surface area contributed by atoms with Crippen molar-refractivity contribution in [1.29, 1.82) is 0 Å². The van der Waals surface area contributed by atoms with E-state index in [2.05, 4.69) is 6.07 Å². The molecule has 5 nitrogen and oxygen atoms in total. The highest BCUT2D eigenvalue weighted by atomic mass is 32.2. The molecule has 0 spiro atoms. The number of ether oxygens (including phenoxy) is 2. The SMILES string of the molecule is COC(=O)c1ccc(C(=O)N2CCSCc3ccccc32)cc1OC. The quantitative estimate of drug-likeness (QED) is 0.788. The number of hydrogen-bond acceptors (Lipinski definition) is 5. The summed E-state index contributed by atoms with van der Waals surface area (Å²) in [5.41, 5.74) is 2.87. The average molecular weight is 357 g/mol. The molecule has 0 saturated heterocycles. The van der Waals surface area contributed by atoms with Gasteiger partial charge in [0, 0.05) is 29.3 Å². The fraction of sp³-hybridized carbons (Fsp3) is 0.263. The lowest BCUT2D eigenvalue weighted by Gasteiger charge is -2.23. The molecule has 1 amide bonds. The van der Waals surface area contributed by atoms with Crippen LogP contribution in [0.25, 0.3) is 0 Å². The van der Waals surface area contributed by atoms with E-state index in [4.69, 9.17) is 9.47 Å². The summed E-state index contributed by atoms with van der Waals surface area (Å²) >= 11 is 1.81. The maximum atomic E-state index is 13.1. The normalized spacial score (nSPS) is 13.6. The van der Waals surface area contributed by atoms with Crippen LogP contribution in [0.2, 0.25) is 0 Å². The van der Waals surface area contributed by atoms with Crippen molar-refractivity contribution in [2.24, 2.45) is 0 Å². The van der Waals surface area contributed by atoms with Gasteiger partial charge in [-0.2, -0.15) is 11.8 Å². The van der Waals surface area contributed by atoms with Crippen LogP contribution in [0, 0.1) is 0 Å². The first-order valence-corrected chi connectivity index (χ1v) is 9.05. The number of esters is 1. The lowest BCUT2D eigenvalue weighted by Crippen LogP contribution is -2.32. The van der Waals surface area contributed by atoms with E-state index in [1.807, 2.05) is 30.0 Å². The van der Waals surface area contributed by atoms with E-state index in [-0.39, 0.29) is 5.91 Å². The van der Waals surface area contributed by atoms with Gasteiger partial charge in [0.15, 0.2) is 0 Å². The minimum atomic E-state index is -0.493. The number of thioether (sulfide) groups is 1. The van der Waals surface area contributed by atoms with E-state index in [0.717, 1.165) is 22.8 Å². The molecule has 0 N–H and O–H groups in total. The molecule has 0 radical (unpaired) electrons. The van der Waals surface area contributed by atoms with Crippen LogP contribution in [0.5, 0.6) is 5.75 Å². The summed E-state index contributed by atoms with van der Waals surface area (Å²) in [4.78, 5) is 26.7. The van der Waals surface area contributed by atoms with Crippen LogP contribution >= 0.6 is 11.8 Å². The zero-order valence-corrected chi connectivity index (χ0v) is 15.0. The molecular formula is C19H19NO4S. The van der Waals surface area contributed by atoms with Crippen molar-refractivity contribution < 1.29 is 19.1 Å². The highest BCUT2D eigenvalue weighted by molar-refractivity contribution is 7.98. The molecule has 1 heterocycles. The molecule has 2 aromatic carbocycles. The Morgan fingerprint density at radius 3 is 2.68 bits per heavy atom. The van der Waals surface area contributed by atoms with Gasteiger partial charge in [-0.3, -0.25) is 4.79 Å². The lowest BCUT2D eigenvalue weighted by molar-refractivity contribution is 0.0596. The Bertz CT molecular complexity index is 806. The molecule has 130 valence electrons. The number of fused-ring (bicyclic) bond motifs is 1. The Kier molecular flexibility index (Phi) is 5.28. The predicted octanol–water partition coefficient (Wildman–Crippen LogP) is 3.38. The zero-order valence-electron chi connectivity index (χ0n) is 14.2. The Balaban J connectivity index is 1.97. The second-order valence-corrected chi connectivity index (χ2v) is 6.65. The van der Waals surface area contributed by atoms with Crippen molar-refractivity contribution in [1.82, 2.24) is 0 Å². The third kappa shape index (κ3) is 3.49. The van der Waals surface area contributed by atoms with Gasteiger partial charge < -0.3 is 14.4 Å². The van der Waals surface area contributed by atoms with Gasteiger partial charge in [-0.15, -0.1) is 0 Å². The molecule has 0 aromatic heterocycles. The van der Waals surface area contributed by atoms with Crippen molar-refractivity contribution in [3.8, 4) is 5.75 Å². The number of hydrogen-bond donors (Lipinski definition) is 0. The second-order valence-electron chi connectivity index (χ2n) is 5.54. The molecule has 0 atom stereocenters. The van der Waals surface area contributed by atoms with E-state index >= 15 is 0 Å². The molecule has 0 saturated carbocycles. The molecular weight excluding hydrogens is 338 g/mol. The molecule has 25 heavy (non-hydrogen) atoms. The van der Waals surface area contributed by atoms with E-state index in [9.17, 15) is 9.59 Å². The summed E-state index contributed by atoms with van der Waals surface area (Å²) in [5, 5.41) is 0. The highest BCUT2D eigenvalue weighted by Gasteiger charge is 2.24. The molecule has 0 unspecified atom stereocenters. The summed E-state index contributed by atoms with van der Waals surface area (Å²) in [7, 11) is 2.78. The van der Waals surface area contributed by atoms with Crippen molar-refractivity contribution in [3.63, 3.8) is 0 Å². The molecule has 1 aliphatic rings. The summed E-state index contributed by atoms with van der Waals surface area (Å²) in [5.74, 6) is 1.50. The van der Waals surface area contributed by atoms with Crippen molar-refractivity contribution in [2.75, 3.05) is 31.4 Å². The number of para-hydroxylation sites is 1. The molecule has 0 bridgehead atoms. The topological polar surface area (TPSA) is 55.8 Å². The van der Waals surface area contributed by atoms with Crippen molar-refractivity contribution >= 4 is 29.3 Å². The second kappa shape index (κ2) is 7.61. The number of methoxy groups -OCH3 is 2. The molecule has 6 heteroatoms. The Labute approximate surface area is 150 Å². The zero-order chi connectivity index (χ0) is 17.8. The minimum absolute atomic E-state index is 0.107. The van der Waals surface area contributed by atoms with E-state index in [0.29, 0.717) is 23.4 Å². The van der Waals surface area contributed by atoms with Gasteiger partial charge in [0.1, 0.15) is 11.3 Å². The van der Waals surface area contributed by atoms with Crippen LogP contribution in [0.3, 0.4) is 0 Å². The van der Waals surface area contributed by atoms with E-state index in [1.165, 1.54) is 14.2 Å². The summed E-state index contributed by atoms with van der Waals surface area (Å²) in [6.45, 7) is 0.640. The third-order valence-corrected chi connectivity index (χ3v) is 5.08. The first-order valence-electron chi connectivity index (χ1n) is 7.89. The molecule has 2 aromatic rings. The largest absolute Gasteiger partial charge is 0.496 e. The number of amides is 1. The van der Waals surface area contributed by atoms with Crippen LogP contribution in [-0.4, -0.2) is 38.4 Å². The standard InChI is InChI=1S/C19H19NO4S/c1-23-17-11-13(7-8-15(17)19(22)24-2)18(21)20-9-10-25-12-14-5-3-4-6-16(14)20/h3-8,11H,9-10,12H2,1-2H3. The first kappa shape index (κ1) is 17.4. The van der Waals surface area contributed by atoms with Gasteiger partial charge in [-0.1, -0.05) is 18.2 Å². The Morgan fingerprint density at radius 1 is 1.12 bits per heavy atom. The number of nitrogens with zero attached hydrogens (tertiary/aromatic N) is 1. The minimum Gasteiger partial charge on any atom is -0.496 e. The monoisotopic (exact) mass is 357 g/mol. The average Bonchev–Trinajstić information content (AvgIpc) is 2.88. The molecule has 0 fully saturated rings. The van der Waals surface area contributed by atoms with Gasteiger partial charge in [0.25, 0.3) is 5.91 Å². The van der Waals surface area contributed by atoms with Crippen LogP contribution in [0.4, 0.5) is 5.69 Å². The number of anilines is 1. The Hall–Kier alpha value is -2.47. The van der Waals surface area contributed by atoms with E-state index in [1.54, 1.807) is 23.1 Å². The fourth-order valence-corrected chi connectivity index (χ4v) is 3.74. The van der Waals surface area contributed by atoms with Crippen LogP contribution in [0.1, 0.15) is 26.3 Å². The first-order chi connectivity index (χ1) is 12.2. The Morgan fingerprint density at radius 2 is 1.92 bits per heavy atom. The predicted molar refractivity (Wildman–Crippen MR) is 98.6 cm³/mol. The van der Waals surface area contributed by atoms with Crippen LogP contribution < -0.4 is 9.64 Å². The highest BCUT2D eigenvalue weighted by Crippen LogP contribution is 2.30. The van der Waals surface area contributed by atoms with E-state index < -0.39 is 5.97 Å². The van der Waals surface area contributed by atoms with Gasteiger partial charge in [0.05, 0.1) is 14.2 Å². The molecule has 0 aliphatic carbocycles. The number of carbonyl (C=O) groups excluding carboxylic acids is 2. The van der Waals surface area contributed by atoms with Crippen molar-refractivity contribution in [3.05, 3.63) is 59.2 Å². The summed E-state index contributed by atoms with van der Waals surface area (Å²) < 4.78 is 10.0. The van der Waals surface area contributed by atoms with Crippen LogP contribution in [-0.2, 0) is 10.5 Å². The van der Waals surface area contributed by atoms with Gasteiger partial charge >= 0.3 is 5.97 Å². The molecule has 1 aliphatic heterocycles. The third-order valence-electron chi connectivity index (χ3n) is 4.10. The fourth-order valence-electron chi connectivity index (χ4n) is 2.82. The molecule has 3 rings (SSSR count). The summed E-state index contributed by atoms with van der Waals surface area (Å²) in [6, 6.07) is 12.7. The lowest BCUT2D eigenvalue weighted by atomic mass is 10.1. The maximum absolute atomic E-state index is 13.1. The number of carbonyl (C=O) groups is 2. The van der Waals surface area contributed by atoms with Crippen LogP contribution in [0.15, 0.2) is 42.5 Å². The smallest absolute Gasteiger partial charge is 0.341 e. The van der Waals surface area contributed by atoms with Gasteiger partial charge in [0.2, 0.25) is 0 Å².